The van der Waals surface area contributed by atoms with Crippen molar-refractivity contribution in [1.29, 1.82) is 0 Å². The minimum Gasteiger partial charge on any atom is -0.0882 e. The summed E-state index contributed by atoms with van der Waals surface area (Å²) < 4.78 is 0. The van der Waals surface area contributed by atoms with Crippen LogP contribution >= 0.6 is 0 Å². The average molecular weight is 208 g/mol. The zero-order valence-corrected chi connectivity index (χ0v) is 11.0. The summed E-state index contributed by atoms with van der Waals surface area (Å²) in [5.74, 6) is 3.58. The lowest BCUT2D eigenvalue weighted by Gasteiger charge is -2.27. The number of allylic oxidation sites excluding steroid dienone is 2. The summed E-state index contributed by atoms with van der Waals surface area (Å²) in [5.41, 5.74) is 0. The highest BCUT2D eigenvalue weighted by molar-refractivity contribution is 4.95. The van der Waals surface area contributed by atoms with Crippen LogP contribution in [0.2, 0.25) is 0 Å². The van der Waals surface area contributed by atoms with Gasteiger partial charge in [0, 0.05) is 0 Å². The maximum absolute atomic E-state index is 2.47. The molecule has 0 radical (unpaired) electrons. The summed E-state index contributed by atoms with van der Waals surface area (Å²) in [6, 6.07) is 0. The Morgan fingerprint density at radius 2 is 2.07 bits per heavy atom. The quantitative estimate of drug-likeness (QED) is 0.555. The first kappa shape index (κ1) is 12.8. The van der Waals surface area contributed by atoms with Gasteiger partial charge in [0.15, 0.2) is 0 Å². The molecule has 0 nitrogen and oxygen atoms in total. The second-order valence-electron chi connectivity index (χ2n) is 5.64. The minimum absolute atomic E-state index is 0.859. The molecule has 1 aliphatic carbocycles. The lowest BCUT2D eigenvalue weighted by Crippen LogP contribution is -2.15. The molecule has 15 heavy (non-hydrogen) atoms. The van der Waals surface area contributed by atoms with E-state index in [0.29, 0.717) is 0 Å². The van der Waals surface area contributed by atoms with Crippen LogP contribution in [0.1, 0.15) is 59.8 Å². The van der Waals surface area contributed by atoms with E-state index in [2.05, 4.69) is 39.8 Å². The second kappa shape index (κ2) is 6.35. The van der Waals surface area contributed by atoms with Crippen LogP contribution in [0.3, 0.4) is 0 Å². The standard InChI is InChI=1S/C15H28/c1-5-14(12(2)3)10-11-15-9-7-6-8-13(15)4/h7,9,12-15H,5-6,8,10-11H2,1-4H3. The molecular weight excluding hydrogens is 180 g/mol. The first-order valence-electron chi connectivity index (χ1n) is 6.81. The summed E-state index contributed by atoms with van der Waals surface area (Å²) in [7, 11) is 0. The number of hydrogen-bond donors (Lipinski definition) is 0. The molecule has 0 bridgehead atoms. The highest BCUT2D eigenvalue weighted by Crippen LogP contribution is 2.31. The van der Waals surface area contributed by atoms with Gasteiger partial charge in [0.05, 0.1) is 0 Å². The molecule has 3 unspecified atom stereocenters. The Labute approximate surface area is 96.2 Å². The molecule has 0 fully saturated rings. The largest absolute Gasteiger partial charge is 0.0882 e. The van der Waals surface area contributed by atoms with Gasteiger partial charge in [0.2, 0.25) is 0 Å². The van der Waals surface area contributed by atoms with Crippen LogP contribution in [0.5, 0.6) is 0 Å². The van der Waals surface area contributed by atoms with Gasteiger partial charge in [-0.15, -0.1) is 0 Å². The molecule has 0 aromatic heterocycles. The predicted molar refractivity (Wildman–Crippen MR) is 68.9 cm³/mol. The van der Waals surface area contributed by atoms with E-state index >= 15 is 0 Å². The zero-order chi connectivity index (χ0) is 11.3. The SMILES string of the molecule is CCC(CCC1C=CCCC1C)C(C)C. The first-order chi connectivity index (χ1) is 7.15. The molecule has 0 saturated heterocycles. The van der Waals surface area contributed by atoms with Crippen LogP contribution in [0.15, 0.2) is 12.2 Å². The molecule has 0 aromatic rings. The summed E-state index contributed by atoms with van der Waals surface area (Å²) >= 11 is 0. The third-order valence-electron chi connectivity index (χ3n) is 4.24. The van der Waals surface area contributed by atoms with Gasteiger partial charge >= 0.3 is 0 Å². The molecule has 1 rings (SSSR count). The average Bonchev–Trinajstić information content (AvgIpc) is 2.21. The molecule has 88 valence electrons. The van der Waals surface area contributed by atoms with Crippen LogP contribution < -0.4 is 0 Å². The van der Waals surface area contributed by atoms with Crippen molar-refractivity contribution >= 4 is 0 Å². The van der Waals surface area contributed by atoms with Crippen molar-refractivity contribution in [2.24, 2.45) is 23.7 Å². The van der Waals surface area contributed by atoms with E-state index in [9.17, 15) is 0 Å². The maximum atomic E-state index is 2.47. The zero-order valence-electron chi connectivity index (χ0n) is 11.0. The van der Waals surface area contributed by atoms with Crippen molar-refractivity contribution in [3.8, 4) is 0 Å². The fraction of sp³-hybridized carbons (Fsp3) is 0.867. The monoisotopic (exact) mass is 208 g/mol. The molecule has 0 saturated carbocycles. The number of rotatable bonds is 5. The number of hydrogen-bond acceptors (Lipinski definition) is 0. The first-order valence-corrected chi connectivity index (χ1v) is 6.81. The topological polar surface area (TPSA) is 0 Å². The van der Waals surface area contributed by atoms with Crippen LogP contribution in [-0.2, 0) is 0 Å². The van der Waals surface area contributed by atoms with Crippen molar-refractivity contribution in [1.82, 2.24) is 0 Å². The Bertz CT molecular complexity index is 190. The Morgan fingerprint density at radius 3 is 2.60 bits per heavy atom. The van der Waals surface area contributed by atoms with Gasteiger partial charge in [0.25, 0.3) is 0 Å². The van der Waals surface area contributed by atoms with Gasteiger partial charge in [-0.3, -0.25) is 0 Å². The highest BCUT2D eigenvalue weighted by Gasteiger charge is 2.19. The van der Waals surface area contributed by atoms with E-state index in [1.165, 1.54) is 32.1 Å². The van der Waals surface area contributed by atoms with Gasteiger partial charge < -0.3 is 0 Å². The molecule has 1 aliphatic rings. The Balaban J connectivity index is 2.34. The van der Waals surface area contributed by atoms with Crippen LogP contribution in [-0.4, -0.2) is 0 Å². The van der Waals surface area contributed by atoms with Gasteiger partial charge in [-0.25, -0.2) is 0 Å². The summed E-state index contributed by atoms with van der Waals surface area (Å²) in [6.07, 6.45) is 11.8. The van der Waals surface area contributed by atoms with E-state index in [1.54, 1.807) is 0 Å². The third kappa shape index (κ3) is 4.01. The van der Waals surface area contributed by atoms with E-state index in [1.807, 2.05) is 0 Å². The van der Waals surface area contributed by atoms with E-state index in [0.717, 1.165) is 23.7 Å². The van der Waals surface area contributed by atoms with Gasteiger partial charge in [-0.2, -0.15) is 0 Å². The predicted octanol–water partition coefficient (Wildman–Crippen LogP) is 5.05. The van der Waals surface area contributed by atoms with Crippen LogP contribution in [0, 0.1) is 23.7 Å². The Hall–Kier alpha value is -0.260. The van der Waals surface area contributed by atoms with Gasteiger partial charge in [-0.05, 0) is 49.4 Å². The fourth-order valence-corrected chi connectivity index (χ4v) is 2.83. The van der Waals surface area contributed by atoms with E-state index in [4.69, 9.17) is 0 Å². The molecule has 0 heterocycles. The van der Waals surface area contributed by atoms with Crippen LogP contribution in [0.25, 0.3) is 0 Å². The fourth-order valence-electron chi connectivity index (χ4n) is 2.83. The van der Waals surface area contributed by atoms with Crippen molar-refractivity contribution in [3.63, 3.8) is 0 Å². The van der Waals surface area contributed by atoms with Gasteiger partial charge in [-0.1, -0.05) is 46.3 Å². The third-order valence-corrected chi connectivity index (χ3v) is 4.24. The molecule has 0 spiro atoms. The van der Waals surface area contributed by atoms with Crippen molar-refractivity contribution in [2.75, 3.05) is 0 Å². The smallest absolute Gasteiger partial charge is 0.0208 e. The molecule has 0 amide bonds. The molecule has 0 aliphatic heterocycles. The summed E-state index contributed by atoms with van der Waals surface area (Å²) in [4.78, 5) is 0. The molecule has 0 N–H and O–H groups in total. The molecule has 0 heteroatoms. The Kier molecular flexibility index (Phi) is 5.42. The maximum Gasteiger partial charge on any atom is -0.0208 e. The minimum atomic E-state index is 0.859. The lowest BCUT2D eigenvalue weighted by molar-refractivity contribution is 0.287. The van der Waals surface area contributed by atoms with Gasteiger partial charge in [0.1, 0.15) is 0 Å². The molecule has 0 aromatic carbocycles. The van der Waals surface area contributed by atoms with Crippen molar-refractivity contribution < 1.29 is 0 Å². The second-order valence-corrected chi connectivity index (χ2v) is 5.64. The van der Waals surface area contributed by atoms with E-state index in [-0.39, 0.29) is 0 Å². The van der Waals surface area contributed by atoms with E-state index < -0.39 is 0 Å². The summed E-state index contributed by atoms with van der Waals surface area (Å²) in [5, 5.41) is 0. The lowest BCUT2D eigenvalue weighted by atomic mass is 9.79. The van der Waals surface area contributed by atoms with Crippen molar-refractivity contribution in [2.45, 2.75) is 59.8 Å². The van der Waals surface area contributed by atoms with Crippen LogP contribution in [0.4, 0.5) is 0 Å². The molecule has 3 atom stereocenters. The summed E-state index contributed by atoms with van der Waals surface area (Å²) in [6.45, 7) is 9.50. The Morgan fingerprint density at radius 1 is 1.33 bits per heavy atom. The van der Waals surface area contributed by atoms with Crippen molar-refractivity contribution in [3.05, 3.63) is 12.2 Å². The molecular formula is C15H28. The highest BCUT2D eigenvalue weighted by atomic mass is 14.2. The normalized spacial score (nSPS) is 28.3.